The summed E-state index contributed by atoms with van der Waals surface area (Å²) in [4.78, 5) is 29.8. The maximum atomic E-state index is 13.1. The van der Waals surface area contributed by atoms with E-state index in [4.69, 9.17) is 14.5 Å². The molecule has 1 fully saturated rings. The van der Waals surface area contributed by atoms with Gasteiger partial charge in [0.1, 0.15) is 11.9 Å². The zero-order valence-corrected chi connectivity index (χ0v) is 17.1. The fraction of sp³-hybridized carbons (Fsp3) is 0.292. The molecule has 1 aliphatic carbocycles. The highest BCUT2D eigenvalue weighted by atomic mass is 16.5. The molecule has 0 aliphatic heterocycles. The third kappa shape index (κ3) is 4.04. The molecule has 0 saturated heterocycles. The van der Waals surface area contributed by atoms with Gasteiger partial charge in [-0.3, -0.25) is 9.59 Å². The number of pyridine rings is 1. The van der Waals surface area contributed by atoms with Crippen molar-refractivity contribution in [2.45, 2.75) is 31.9 Å². The number of carbonyl (C=O) groups is 2. The van der Waals surface area contributed by atoms with Gasteiger partial charge in [-0.1, -0.05) is 18.2 Å². The van der Waals surface area contributed by atoms with Crippen molar-refractivity contribution >= 4 is 22.6 Å². The molecule has 6 nitrogen and oxygen atoms in total. The van der Waals surface area contributed by atoms with E-state index in [0.717, 1.165) is 22.2 Å². The molecule has 0 bridgehead atoms. The lowest BCUT2D eigenvalue weighted by atomic mass is 10.0. The van der Waals surface area contributed by atoms with Crippen LogP contribution in [0.25, 0.3) is 22.2 Å². The van der Waals surface area contributed by atoms with Crippen LogP contribution in [0, 0.1) is 0 Å². The summed E-state index contributed by atoms with van der Waals surface area (Å²) in [5.41, 5.74) is 2.89. The van der Waals surface area contributed by atoms with E-state index in [1.54, 1.807) is 6.07 Å². The molecule has 1 unspecified atom stereocenters. The summed E-state index contributed by atoms with van der Waals surface area (Å²) < 4.78 is 10.7. The van der Waals surface area contributed by atoms with E-state index in [1.807, 2.05) is 55.5 Å². The third-order valence-corrected chi connectivity index (χ3v) is 5.35. The maximum absolute atomic E-state index is 13.1. The van der Waals surface area contributed by atoms with Gasteiger partial charge in [0.25, 0.3) is 5.91 Å². The van der Waals surface area contributed by atoms with Crippen molar-refractivity contribution in [2.24, 2.45) is 0 Å². The molecule has 1 heterocycles. The van der Waals surface area contributed by atoms with E-state index >= 15 is 0 Å². The summed E-state index contributed by atoms with van der Waals surface area (Å²) in [6.07, 6.45) is 0.346. The lowest BCUT2D eigenvalue weighted by molar-refractivity contribution is -0.125. The number of methoxy groups -OCH3 is 1. The van der Waals surface area contributed by atoms with Crippen molar-refractivity contribution in [1.82, 2.24) is 10.3 Å². The number of rotatable bonds is 6. The Hall–Kier alpha value is -3.25. The molecule has 1 aliphatic rings. The summed E-state index contributed by atoms with van der Waals surface area (Å²) in [7, 11) is 1.52. The van der Waals surface area contributed by atoms with Gasteiger partial charge in [-0.05, 0) is 43.3 Å². The Morgan fingerprint density at radius 3 is 2.63 bits per heavy atom. The van der Waals surface area contributed by atoms with E-state index in [1.165, 1.54) is 7.11 Å². The first kappa shape index (κ1) is 20.0. The van der Waals surface area contributed by atoms with Crippen LogP contribution in [0.3, 0.4) is 0 Å². The van der Waals surface area contributed by atoms with Crippen molar-refractivity contribution in [3.63, 3.8) is 0 Å². The number of fused-ring (bicyclic) bond motifs is 1. The van der Waals surface area contributed by atoms with Gasteiger partial charge in [0.2, 0.25) is 0 Å². The van der Waals surface area contributed by atoms with Gasteiger partial charge in [0, 0.05) is 36.9 Å². The molecule has 6 heteroatoms. The Balaban J connectivity index is 1.66. The molecule has 30 heavy (non-hydrogen) atoms. The average Bonchev–Trinajstić information content (AvgIpc) is 3.12. The molecule has 3 aromatic rings. The molecular weight excluding hydrogens is 380 g/mol. The van der Waals surface area contributed by atoms with Crippen LogP contribution in [0.15, 0.2) is 54.6 Å². The highest BCUT2D eigenvalue weighted by molar-refractivity contribution is 6.07. The second-order valence-corrected chi connectivity index (χ2v) is 7.33. The molecule has 1 saturated carbocycles. The fourth-order valence-electron chi connectivity index (χ4n) is 3.85. The maximum Gasteiger partial charge on any atom is 0.252 e. The highest BCUT2D eigenvalue weighted by Gasteiger charge is 2.33. The Bertz CT molecular complexity index is 1080. The van der Waals surface area contributed by atoms with Crippen molar-refractivity contribution in [2.75, 3.05) is 13.7 Å². The van der Waals surface area contributed by atoms with Gasteiger partial charge in [0.05, 0.1) is 23.4 Å². The number of benzene rings is 2. The third-order valence-electron chi connectivity index (χ3n) is 5.35. The lowest BCUT2D eigenvalue weighted by Crippen LogP contribution is -2.33. The first-order valence-electron chi connectivity index (χ1n) is 10.1. The average molecular weight is 404 g/mol. The minimum Gasteiger partial charge on any atom is -0.494 e. The van der Waals surface area contributed by atoms with Crippen LogP contribution >= 0.6 is 0 Å². The zero-order valence-electron chi connectivity index (χ0n) is 17.1. The van der Waals surface area contributed by atoms with Crippen LogP contribution in [0.4, 0.5) is 0 Å². The second kappa shape index (κ2) is 8.63. The molecule has 2 atom stereocenters. The number of nitrogens with one attached hydrogen (secondary N) is 1. The van der Waals surface area contributed by atoms with Gasteiger partial charge >= 0.3 is 0 Å². The quantitative estimate of drug-likeness (QED) is 0.677. The Kier molecular flexibility index (Phi) is 5.77. The number of ketones is 1. The summed E-state index contributed by atoms with van der Waals surface area (Å²) >= 11 is 0. The topological polar surface area (TPSA) is 77.5 Å². The largest absolute Gasteiger partial charge is 0.494 e. The molecule has 2 aromatic carbocycles. The number of para-hydroxylation sites is 1. The number of Topliss-reactive ketones (excluding diaryl/α,β-unsaturated/α-hetero) is 1. The smallest absolute Gasteiger partial charge is 0.252 e. The lowest BCUT2D eigenvalue weighted by Gasteiger charge is -2.14. The molecular formula is C24H24N2O4. The van der Waals surface area contributed by atoms with Crippen molar-refractivity contribution < 1.29 is 19.1 Å². The molecule has 1 amide bonds. The van der Waals surface area contributed by atoms with Gasteiger partial charge in [-0.15, -0.1) is 0 Å². The normalized spacial score (nSPS) is 18.5. The fourth-order valence-corrected chi connectivity index (χ4v) is 3.85. The molecule has 4 rings (SSSR count). The van der Waals surface area contributed by atoms with E-state index in [-0.39, 0.29) is 17.7 Å². The summed E-state index contributed by atoms with van der Waals surface area (Å²) in [5.74, 6) is 0.603. The molecule has 0 radical (unpaired) electrons. The number of hydrogen-bond acceptors (Lipinski definition) is 5. The molecule has 1 N–H and O–H groups in total. The number of ether oxygens (including phenoxy) is 2. The summed E-state index contributed by atoms with van der Waals surface area (Å²) in [6, 6.07) is 16.8. The molecule has 0 spiro atoms. The SMILES string of the molecule is CCOc1ccc(-c2cc(C(=O)N[C@H]3CC(=O)C(OC)C3)c3ccccc3n2)cc1. The molecule has 1 aromatic heterocycles. The van der Waals surface area contributed by atoms with Crippen LogP contribution in [0.2, 0.25) is 0 Å². The van der Waals surface area contributed by atoms with Gasteiger partial charge in [-0.2, -0.15) is 0 Å². The number of nitrogens with zero attached hydrogens (tertiary/aromatic N) is 1. The van der Waals surface area contributed by atoms with Gasteiger partial charge in [0.15, 0.2) is 5.78 Å². The Labute approximate surface area is 175 Å². The number of amides is 1. The monoisotopic (exact) mass is 404 g/mol. The van der Waals surface area contributed by atoms with Gasteiger partial charge < -0.3 is 14.8 Å². The predicted octanol–water partition coefficient (Wildman–Crippen LogP) is 3.78. The van der Waals surface area contributed by atoms with E-state index in [0.29, 0.717) is 30.7 Å². The first-order chi connectivity index (χ1) is 14.6. The van der Waals surface area contributed by atoms with E-state index in [9.17, 15) is 9.59 Å². The van der Waals surface area contributed by atoms with Crippen LogP contribution < -0.4 is 10.1 Å². The van der Waals surface area contributed by atoms with Gasteiger partial charge in [-0.25, -0.2) is 4.98 Å². The van der Waals surface area contributed by atoms with Crippen LogP contribution in [0.5, 0.6) is 5.75 Å². The number of hydrogen-bond donors (Lipinski definition) is 1. The van der Waals surface area contributed by atoms with Crippen LogP contribution in [-0.4, -0.2) is 42.5 Å². The Morgan fingerprint density at radius 2 is 1.93 bits per heavy atom. The minimum atomic E-state index is -0.441. The predicted molar refractivity (Wildman–Crippen MR) is 115 cm³/mol. The zero-order chi connectivity index (χ0) is 21.1. The van der Waals surface area contributed by atoms with Crippen molar-refractivity contribution in [1.29, 1.82) is 0 Å². The van der Waals surface area contributed by atoms with E-state index in [2.05, 4.69) is 5.32 Å². The standard InChI is InChI=1S/C24H24N2O4/c1-3-30-17-10-8-15(9-11-17)21-14-19(18-6-4-5-7-20(18)26-21)24(28)25-16-12-22(27)23(13-16)29-2/h4-11,14,16,23H,3,12-13H2,1-2H3,(H,25,28)/t16-,23?/m0/s1. The second-order valence-electron chi connectivity index (χ2n) is 7.33. The van der Waals surface area contributed by atoms with Crippen LogP contribution in [-0.2, 0) is 9.53 Å². The minimum absolute atomic E-state index is 0.0254. The Morgan fingerprint density at radius 1 is 1.17 bits per heavy atom. The summed E-state index contributed by atoms with van der Waals surface area (Å²) in [6.45, 7) is 2.54. The van der Waals surface area contributed by atoms with E-state index < -0.39 is 6.10 Å². The molecule has 154 valence electrons. The van der Waals surface area contributed by atoms with Crippen LogP contribution in [0.1, 0.15) is 30.1 Å². The van der Waals surface area contributed by atoms with Crippen molar-refractivity contribution in [3.05, 3.63) is 60.2 Å². The summed E-state index contributed by atoms with van der Waals surface area (Å²) in [5, 5.41) is 3.77. The number of aromatic nitrogens is 1. The first-order valence-corrected chi connectivity index (χ1v) is 10.1. The number of carbonyl (C=O) groups excluding carboxylic acids is 2. The highest BCUT2D eigenvalue weighted by Crippen LogP contribution is 2.27. The van der Waals surface area contributed by atoms with Crippen molar-refractivity contribution in [3.8, 4) is 17.0 Å².